The topological polar surface area (TPSA) is 95.3 Å². The van der Waals surface area contributed by atoms with E-state index in [4.69, 9.17) is 14.5 Å². The maximum absolute atomic E-state index is 12.0. The van der Waals surface area contributed by atoms with E-state index in [9.17, 15) is 9.59 Å². The quantitative estimate of drug-likeness (QED) is 0.581. The zero-order valence-electron chi connectivity index (χ0n) is 18.8. The second kappa shape index (κ2) is 8.45. The predicted molar refractivity (Wildman–Crippen MR) is 120 cm³/mol. The van der Waals surface area contributed by atoms with Gasteiger partial charge in [-0.2, -0.15) is 5.10 Å². The largest absolute Gasteiger partial charge is 0.481 e. The Morgan fingerprint density at radius 1 is 1.25 bits per heavy atom. The number of alkyl carbamates (subject to hydrolysis) is 1. The first-order valence-corrected chi connectivity index (χ1v) is 10.6. The van der Waals surface area contributed by atoms with Crippen LogP contribution in [0.1, 0.15) is 37.8 Å². The normalized spacial score (nSPS) is 16.0. The molecule has 1 saturated heterocycles. The molecule has 0 spiro atoms. The number of hydrogen-bond donors (Lipinski definition) is 1. The standard InChI is InChI=1S/C24H26N4O4/c1-6-28-12-18-14(4)9-15(10-20(18)27-28)19-8-7-16(23(25-19)31-5)17(13(2)3)11-21-22(29)26-24(30)32-21/h7-13,17H,6H2,1-5H3,(H,26,29,30)/b21-11-. The van der Waals surface area contributed by atoms with E-state index in [1.807, 2.05) is 36.7 Å². The highest BCUT2D eigenvalue weighted by atomic mass is 16.6. The highest BCUT2D eigenvalue weighted by Crippen LogP contribution is 2.36. The molecule has 3 heterocycles. The van der Waals surface area contributed by atoms with Gasteiger partial charge in [-0.05, 0) is 49.6 Å². The van der Waals surface area contributed by atoms with Crippen molar-refractivity contribution in [2.24, 2.45) is 5.92 Å². The summed E-state index contributed by atoms with van der Waals surface area (Å²) >= 11 is 0. The lowest BCUT2D eigenvalue weighted by atomic mass is 9.88. The highest BCUT2D eigenvalue weighted by molar-refractivity contribution is 6.07. The average molecular weight is 434 g/mol. The molecule has 32 heavy (non-hydrogen) atoms. The van der Waals surface area contributed by atoms with E-state index in [1.165, 1.54) is 0 Å². The Morgan fingerprint density at radius 2 is 2.03 bits per heavy atom. The maximum atomic E-state index is 12.0. The molecule has 166 valence electrons. The number of methoxy groups -OCH3 is 1. The van der Waals surface area contributed by atoms with E-state index in [-0.39, 0.29) is 17.6 Å². The van der Waals surface area contributed by atoms with Crippen LogP contribution in [-0.2, 0) is 16.1 Å². The van der Waals surface area contributed by atoms with Gasteiger partial charge in [0.25, 0.3) is 5.91 Å². The number of imide groups is 1. The number of carbonyl (C=O) groups is 2. The van der Waals surface area contributed by atoms with Crippen molar-refractivity contribution in [1.29, 1.82) is 0 Å². The summed E-state index contributed by atoms with van der Waals surface area (Å²) in [6, 6.07) is 8.00. The van der Waals surface area contributed by atoms with Gasteiger partial charge in [0, 0.05) is 35.2 Å². The maximum Gasteiger partial charge on any atom is 0.419 e. The molecule has 0 bridgehead atoms. The van der Waals surface area contributed by atoms with Crippen molar-refractivity contribution in [3.8, 4) is 17.1 Å². The number of benzene rings is 1. The van der Waals surface area contributed by atoms with Crippen molar-refractivity contribution in [2.75, 3.05) is 7.11 Å². The number of carbonyl (C=O) groups excluding carboxylic acids is 2. The summed E-state index contributed by atoms with van der Waals surface area (Å²) in [6.07, 6.45) is 2.94. The Morgan fingerprint density at radius 3 is 2.66 bits per heavy atom. The molecule has 4 rings (SSSR count). The van der Waals surface area contributed by atoms with Gasteiger partial charge in [0.05, 0.1) is 18.3 Å². The van der Waals surface area contributed by atoms with Crippen molar-refractivity contribution in [2.45, 2.75) is 40.2 Å². The summed E-state index contributed by atoms with van der Waals surface area (Å²) in [7, 11) is 1.57. The lowest BCUT2D eigenvalue weighted by Gasteiger charge is -2.20. The summed E-state index contributed by atoms with van der Waals surface area (Å²) in [5.74, 6) is -0.220. The number of fused-ring (bicyclic) bond motifs is 1. The lowest BCUT2D eigenvalue weighted by molar-refractivity contribution is -0.116. The molecule has 1 fully saturated rings. The summed E-state index contributed by atoms with van der Waals surface area (Å²) < 4.78 is 12.5. The lowest BCUT2D eigenvalue weighted by Crippen LogP contribution is -2.19. The summed E-state index contributed by atoms with van der Waals surface area (Å²) in [6.45, 7) is 8.97. The number of aromatic nitrogens is 3. The minimum Gasteiger partial charge on any atom is -0.481 e. The first kappa shape index (κ1) is 21.5. The number of nitrogens with zero attached hydrogens (tertiary/aromatic N) is 3. The molecule has 1 atom stereocenters. The van der Waals surface area contributed by atoms with E-state index in [1.54, 1.807) is 13.2 Å². The van der Waals surface area contributed by atoms with E-state index >= 15 is 0 Å². The number of amides is 2. The number of nitrogens with one attached hydrogen (secondary N) is 1. The van der Waals surface area contributed by atoms with Crippen LogP contribution in [0.2, 0.25) is 0 Å². The minimum absolute atomic E-state index is 0.00702. The minimum atomic E-state index is -0.763. The van der Waals surface area contributed by atoms with E-state index in [0.29, 0.717) is 5.88 Å². The van der Waals surface area contributed by atoms with Crippen LogP contribution in [0.3, 0.4) is 0 Å². The third-order valence-corrected chi connectivity index (χ3v) is 5.63. The van der Waals surface area contributed by atoms with E-state index in [0.717, 1.165) is 39.8 Å². The van der Waals surface area contributed by atoms with Crippen LogP contribution in [0.15, 0.2) is 42.3 Å². The second-order valence-corrected chi connectivity index (χ2v) is 8.15. The van der Waals surface area contributed by atoms with E-state index in [2.05, 4.69) is 36.5 Å². The van der Waals surface area contributed by atoms with Crippen molar-refractivity contribution in [1.82, 2.24) is 20.1 Å². The predicted octanol–water partition coefficient (Wildman–Crippen LogP) is 4.33. The van der Waals surface area contributed by atoms with Crippen molar-refractivity contribution in [3.63, 3.8) is 0 Å². The van der Waals surface area contributed by atoms with Crippen molar-refractivity contribution >= 4 is 22.9 Å². The first-order valence-electron chi connectivity index (χ1n) is 10.6. The highest BCUT2D eigenvalue weighted by Gasteiger charge is 2.29. The summed E-state index contributed by atoms with van der Waals surface area (Å²) in [4.78, 5) is 28.1. The van der Waals surface area contributed by atoms with Crippen LogP contribution < -0.4 is 10.1 Å². The molecular formula is C24H26N4O4. The second-order valence-electron chi connectivity index (χ2n) is 8.15. The molecule has 1 aromatic carbocycles. The number of aryl methyl sites for hydroxylation is 2. The molecule has 0 saturated carbocycles. The van der Waals surface area contributed by atoms with Crippen LogP contribution in [0.4, 0.5) is 4.79 Å². The van der Waals surface area contributed by atoms with Gasteiger partial charge >= 0.3 is 6.09 Å². The zero-order valence-corrected chi connectivity index (χ0v) is 18.8. The molecule has 2 aromatic heterocycles. The monoisotopic (exact) mass is 434 g/mol. The number of hydrogen-bond acceptors (Lipinski definition) is 6. The fourth-order valence-electron chi connectivity index (χ4n) is 3.93. The van der Waals surface area contributed by atoms with Crippen LogP contribution in [-0.4, -0.2) is 33.9 Å². The summed E-state index contributed by atoms with van der Waals surface area (Å²) in [5, 5.41) is 7.88. The molecule has 3 aromatic rings. The molecule has 8 heteroatoms. The van der Waals surface area contributed by atoms with Gasteiger partial charge in [0.1, 0.15) is 0 Å². The molecule has 1 aliphatic heterocycles. The number of cyclic esters (lactones) is 1. The van der Waals surface area contributed by atoms with Gasteiger partial charge in [-0.3, -0.25) is 14.8 Å². The van der Waals surface area contributed by atoms with Crippen LogP contribution >= 0.6 is 0 Å². The number of pyridine rings is 1. The molecule has 2 amide bonds. The SMILES string of the molecule is CCn1cc2c(C)cc(-c3ccc(C(/C=C4\OC(=O)NC4=O)C(C)C)c(OC)n3)cc2n1. The zero-order chi connectivity index (χ0) is 23.0. The number of ether oxygens (including phenoxy) is 2. The Kier molecular flexibility index (Phi) is 5.69. The Hall–Kier alpha value is -3.68. The molecule has 8 nitrogen and oxygen atoms in total. The van der Waals surface area contributed by atoms with Crippen LogP contribution in [0.25, 0.3) is 22.2 Å². The van der Waals surface area contributed by atoms with Gasteiger partial charge in [0.2, 0.25) is 5.88 Å². The Bertz CT molecular complexity index is 1240. The third kappa shape index (κ3) is 3.95. The van der Waals surface area contributed by atoms with Gasteiger partial charge in [-0.15, -0.1) is 0 Å². The van der Waals surface area contributed by atoms with E-state index < -0.39 is 12.0 Å². The molecule has 1 unspecified atom stereocenters. The molecule has 1 aliphatic rings. The number of rotatable bonds is 6. The van der Waals surface area contributed by atoms with Crippen LogP contribution in [0.5, 0.6) is 5.88 Å². The molecular weight excluding hydrogens is 408 g/mol. The molecule has 0 aliphatic carbocycles. The Balaban J connectivity index is 1.75. The van der Waals surface area contributed by atoms with Crippen molar-refractivity contribution in [3.05, 3.63) is 53.4 Å². The third-order valence-electron chi connectivity index (χ3n) is 5.63. The van der Waals surface area contributed by atoms with Gasteiger partial charge in [-0.25, -0.2) is 9.78 Å². The van der Waals surface area contributed by atoms with Gasteiger partial charge < -0.3 is 9.47 Å². The smallest absolute Gasteiger partial charge is 0.419 e. The first-order chi connectivity index (χ1) is 15.3. The van der Waals surface area contributed by atoms with Crippen LogP contribution in [0, 0.1) is 12.8 Å². The van der Waals surface area contributed by atoms with Gasteiger partial charge in [0.15, 0.2) is 5.76 Å². The molecule has 1 N–H and O–H groups in total. The van der Waals surface area contributed by atoms with Gasteiger partial charge in [-0.1, -0.05) is 19.9 Å². The Labute approximate surface area is 186 Å². The van der Waals surface area contributed by atoms with Crippen molar-refractivity contribution < 1.29 is 19.1 Å². The fourth-order valence-corrected chi connectivity index (χ4v) is 3.93. The average Bonchev–Trinajstić information content (AvgIpc) is 3.33. The molecule has 0 radical (unpaired) electrons. The fraction of sp³-hybridized carbons (Fsp3) is 0.333. The number of allylic oxidation sites excluding steroid dienone is 1. The summed E-state index contributed by atoms with van der Waals surface area (Å²) in [5.41, 5.74) is 4.57.